The van der Waals surface area contributed by atoms with Crippen LogP contribution in [0.5, 0.6) is 0 Å². The summed E-state index contributed by atoms with van der Waals surface area (Å²) in [6.45, 7) is 0.914. The standard InChI is InChI=1S/C13H18ClN3S/c1-18-8-4-2-3-7-17-12-9-10(14)5-6-11(12)16-13(17)15/h5-6,9H,2-4,7-8H2,1H3,(H2,15,16). The Balaban J connectivity index is 2.07. The Morgan fingerprint density at radius 1 is 1.33 bits per heavy atom. The van der Waals surface area contributed by atoms with Crippen LogP contribution in [-0.4, -0.2) is 21.6 Å². The van der Waals surface area contributed by atoms with E-state index in [2.05, 4.69) is 15.8 Å². The first-order valence-electron chi connectivity index (χ1n) is 6.12. The lowest BCUT2D eigenvalue weighted by atomic mass is 10.2. The zero-order chi connectivity index (χ0) is 13.0. The average molecular weight is 284 g/mol. The fourth-order valence-corrected chi connectivity index (χ4v) is 2.70. The van der Waals surface area contributed by atoms with Crippen LogP contribution in [0.25, 0.3) is 11.0 Å². The number of halogens is 1. The minimum Gasteiger partial charge on any atom is -0.369 e. The van der Waals surface area contributed by atoms with Crippen molar-refractivity contribution in [3.63, 3.8) is 0 Å². The van der Waals surface area contributed by atoms with Gasteiger partial charge in [-0.15, -0.1) is 0 Å². The van der Waals surface area contributed by atoms with Gasteiger partial charge < -0.3 is 10.3 Å². The highest BCUT2D eigenvalue weighted by Crippen LogP contribution is 2.22. The summed E-state index contributed by atoms with van der Waals surface area (Å²) in [6.07, 6.45) is 5.75. The van der Waals surface area contributed by atoms with E-state index in [4.69, 9.17) is 17.3 Å². The van der Waals surface area contributed by atoms with Gasteiger partial charge in [0.15, 0.2) is 0 Å². The highest BCUT2D eigenvalue weighted by molar-refractivity contribution is 7.98. The smallest absolute Gasteiger partial charge is 0.201 e. The van der Waals surface area contributed by atoms with Crippen LogP contribution in [0.4, 0.5) is 5.95 Å². The van der Waals surface area contributed by atoms with Gasteiger partial charge in [-0.3, -0.25) is 0 Å². The molecule has 18 heavy (non-hydrogen) atoms. The van der Waals surface area contributed by atoms with Crippen molar-refractivity contribution < 1.29 is 0 Å². The Kier molecular flexibility index (Phi) is 4.78. The Morgan fingerprint density at radius 2 is 2.17 bits per heavy atom. The van der Waals surface area contributed by atoms with Crippen molar-refractivity contribution in [3.05, 3.63) is 23.2 Å². The third-order valence-electron chi connectivity index (χ3n) is 2.97. The Hall–Kier alpha value is -0.870. The fraction of sp³-hybridized carbons (Fsp3) is 0.462. The first-order valence-corrected chi connectivity index (χ1v) is 7.90. The maximum atomic E-state index is 6.02. The molecule has 0 aliphatic heterocycles. The molecule has 0 spiro atoms. The molecule has 5 heteroatoms. The van der Waals surface area contributed by atoms with Crippen LogP contribution in [-0.2, 0) is 6.54 Å². The monoisotopic (exact) mass is 283 g/mol. The summed E-state index contributed by atoms with van der Waals surface area (Å²) in [4.78, 5) is 4.35. The lowest BCUT2D eigenvalue weighted by Gasteiger charge is -2.06. The molecule has 2 aromatic rings. The molecule has 0 amide bonds. The van der Waals surface area contributed by atoms with Crippen LogP contribution in [0.15, 0.2) is 18.2 Å². The molecule has 0 radical (unpaired) electrons. The molecule has 0 unspecified atom stereocenters. The second kappa shape index (κ2) is 6.34. The molecule has 0 bridgehead atoms. The highest BCUT2D eigenvalue weighted by atomic mass is 35.5. The second-order valence-corrected chi connectivity index (χ2v) is 5.73. The number of aromatic nitrogens is 2. The van der Waals surface area contributed by atoms with Crippen molar-refractivity contribution in [1.82, 2.24) is 9.55 Å². The summed E-state index contributed by atoms with van der Waals surface area (Å²) in [7, 11) is 0. The van der Waals surface area contributed by atoms with Crippen LogP contribution in [0.1, 0.15) is 19.3 Å². The Morgan fingerprint density at radius 3 is 2.94 bits per heavy atom. The minimum absolute atomic E-state index is 0.581. The lowest BCUT2D eigenvalue weighted by Crippen LogP contribution is -2.03. The molecule has 0 saturated carbocycles. The number of unbranched alkanes of at least 4 members (excludes halogenated alkanes) is 2. The van der Waals surface area contributed by atoms with E-state index < -0.39 is 0 Å². The molecule has 2 N–H and O–H groups in total. The first-order chi connectivity index (χ1) is 8.72. The van der Waals surface area contributed by atoms with Gasteiger partial charge in [0.2, 0.25) is 5.95 Å². The summed E-state index contributed by atoms with van der Waals surface area (Å²) in [5.74, 6) is 1.81. The van der Waals surface area contributed by atoms with E-state index in [1.165, 1.54) is 18.6 Å². The molecular formula is C13H18ClN3S. The predicted molar refractivity (Wildman–Crippen MR) is 81.4 cm³/mol. The van der Waals surface area contributed by atoms with Crippen molar-refractivity contribution >= 4 is 40.3 Å². The number of hydrogen-bond acceptors (Lipinski definition) is 3. The van der Waals surface area contributed by atoms with Crippen molar-refractivity contribution in [2.75, 3.05) is 17.7 Å². The van der Waals surface area contributed by atoms with E-state index in [0.717, 1.165) is 29.0 Å². The number of anilines is 1. The number of benzene rings is 1. The Bertz CT molecular complexity index is 524. The van der Waals surface area contributed by atoms with Gasteiger partial charge in [0.1, 0.15) is 0 Å². The summed E-state index contributed by atoms with van der Waals surface area (Å²) < 4.78 is 2.06. The molecule has 3 nitrogen and oxygen atoms in total. The van der Waals surface area contributed by atoms with Crippen LogP contribution < -0.4 is 5.73 Å². The van der Waals surface area contributed by atoms with Crippen LogP contribution in [0.3, 0.4) is 0 Å². The number of thioether (sulfide) groups is 1. The lowest BCUT2D eigenvalue weighted by molar-refractivity contribution is 0.621. The quantitative estimate of drug-likeness (QED) is 0.820. The molecule has 0 aliphatic carbocycles. The molecule has 1 aromatic carbocycles. The van der Waals surface area contributed by atoms with Gasteiger partial charge in [-0.05, 0) is 43.0 Å². The van der Waals surface area contributed by atoms with Gasteiger partial charge in [0.05, 0.1) is 11.0 Å². The van der Waals surface area contributed by atoms with Crippen molar-refractivity contribution in [2.24, 2.45) is 0 Å². The molecule has 1 aromatic heterocycles. The van der Waals surface area contributed by atoms with E-state index in [9.17, 15) is 0 Å². The topological polar surface area (TPSA) is 43.8 Å². The number of hydrogen-bond donors (Lipinski definition) is 1. The Labute approximate surface area is 117 Å². The normalized spacial score (nSPS) is 11.2. The fourth-order valence-electron chi connectivity index (χ4n) is 2.04. The summed E-state index contributed by atoms with van der Waals surface area (Å²) in [5, 5.41) is 0.728. The number of aryl methyl sites for hydroxylation is 1. The predicted octanol–water partition coefficient (Wildman–Crippen LogP) is 3.81. The van der Waals surface area contributed by atoms with Gasteiger partial charge >= 0.3 is 0 Å². The van der Waals surface area contributed by atoms with Crippen molar-refractivity contribution in [2.45, 2.75) is 25.8 Å². The number of nitrogens with two attached hydrogens (primary N) is 1. The zero-order valence-electron chi connectivity index (χ0n) is 10.5. The van der Waals surface area contributed by atoms with E-state index in [1.54, 1.807) is 0 Å². The van der Waals surface area contributed by atoms with E-state index in [0.29, 0.717) is 5.95 Å². The maximum Gasteiger partial charge on any atom is 0.201 e. The average Bonchev–Trinajstić information content (AvgIpc) is 2.65. The molecular weight excluding hydrogens is 266 g/mol. The summed E-state index contributed by atoms with van der Waals surface area (Å²) >= 11 is 7.91. The molecule has 0 fully saturated rings. The van der Waals surface area contributed by atoms with Gasteiger partial charge in [-0.2, -0.15) is 11.8 Å². The van der Waals surface area contributed by atoms with Crippen LogP contribution >= 0.6 is 23.4 Å². The highest BCUT2D eigenvalue weighted by Gasteiger charge is 2.07. The van der Waals surface area contributed by atoms with Gasteiger partial charge in [0.25, 0.3) is 0 Å². The largest absolute Gasteiger partial charge is 0.369 e. The number of imidazole rings is 1. The molecule has 1 heterocycles. The maximum absolute atomic E-state index is 6.02. The van der Waals surface area contributed by atoms with Crippen molar-refractivity contribution in [1.29, 1.82) is 0 Å². The molecule has 0 aliphatic rings. The van der Waals surface area contributed by atoms with Gasteiger partial charge in [-0.1, -0.05) is 18.0 Å². The third-order valence-corrected chi connectivity index (χ3v) is 3.90. The number of fused-ring (bicyclic) bond motifs is 1. The number of rotatable bonds is 6. The SMILES string of the molecule is CSCCCCCn1c(N)nc2ccc(Cl)cc21. The zero-order valence-corrected chi connectivity index (χ0v) is 12.1. The van der Waals surface area contributed by atoms with Gasteiger partial charge in [0, 0.05) is 11.6 Å². The molecule has 98 valence electrons. The van der Waals surface area contributed by atoms with Crippen LogP contribution in [0.2, 0.25) is 5.02 Å². The minimum atomic E-state index is 0.581. The van der Waals surface area contributed by atoms with E-state index in [1.807, 2.05) is 30.0 Å². The molecule has 0 saturated heterocycles. The molecule has 0 atom stereocenters. The number of nitrogen functional groups attached to an aromatic ring is 1. The number of nitrogens with zero attached hydrogens (tertiary/aromatic N) is 2. The first kappa shape index (κ1) is 13.6. The third kappa shape index (κ3) is 3.12. The van der Waals surface area contributed by atoms with Gasteiger partial charge in [-0.25, -0.2) is 4.98 Å². The summed E-state index contributed by atoms with van der Waals surface area (Å²) in [5.41, 5.74) is 7.90. The summed E-state index contributed by atoms with van der Waals surface area (Å²) in [6, 6.07) is 5.69. The van der Waals surface area contributed by atoms with E-state index >= 15 is 0 Å². The second-order valence-electron chi connectivity index (χ2n) is 4.31. The van der Waals surface area contributed by atoms with Crippen molar-refractivity contribution in [3.8, 4) is 0 Å². The molecule has 2 rings (SSSR count). The van der Waals surface area contributed by atoms with Crippen LogP contribution in [0, 0.1) is 0 Å². The van der Waals surface area contributed by atoms with E-state index in [-0.39, 0.29) is 0 Å².